The Morgan fingerprint density at radius 3 is 2.82 bits per heavy atom. The molecular formula is C12H12N4O. The van der Waals surface area contributed by atoms with Gasteiger partial charge in [0.1, 0.15) is 11.3 Å². The van der Waals surface area contributed by atoms with Gasteiger partial charge in [-0.2, -0.15) is 5.10 Å². The normalized spacial score (nSPS) is 11.2. The fourth-order valence-electron chi connectivity index (χ4n) is 1.96. The van der Waals surface area contributed by atoms with Crippen LogP contribution in [0.5, 0.6) is 0 Å². The van der Waals surface area contributed by atoms with E-state index in [-0.39, 0.29) is 0 Å². The summed E-state index contributed by atoms with van der Waals surface area (Å²) in [5.74, 6) is 0.964. The maximum Gasteiger partial charge on any atom is 0.232 e. The van der Waals surface area contributed by atoms with E-state index in [0.717, 1.165) is 22.2 Å². The predicted molar refractivity (Wildman–Crippen MR) is 65.5 cm³/mol. The van der Waals surface area contributed by atoms with Gasteiger partial charge in [-0.15, -0.1) is 0 Å². The number of aromatic nitrogens is 3. The first-order valence-corrected chi connectivity index (χ1v) is 5.32. The van der Waals surface area contributed by atoms with Crippen molar-refractivity contribution in [1.29, 1.82) is 0 Å². The van der Waals surface area contributed by atoms with Crippen LogP contribution in [0.15, 0.2) is 22.7 Å². The zero-order valence-corrected chi connectivity index (χ0v) is 9.61. The standard InChI is InChI=1S/C12H12N4O/c1-6-3-7(2)10-9(4-6)15-12(17-10)8-5-14-16-11(8)13/h3-5H,1-2H3,(H3,13,14,16). The van der Waals surface area contributed by atoms with Crippen LogP contribution in [0.2, 0.25) is 0 Å². The fourth-order valence-corrected chi connectivity index (χ4v) is 1.96. The van der Waals surface area contributed by atoms with Crippen molar-refractivity contribution in [2.45, 2.75) is 13.8 Å². The first-order valence-electron chi connectivity index (χ1n) is 5.32. The zero-order chi connectivity index (χ0) is 12.0. The monoisotopic (exact) mass is 228 g/mol. The minimum absolute atomic E-state index is 0.464. The average Bonchev–Trinajstić information content (AvgIpc) is 2.83. The van der Waals surface area contributed by atoms with Gasteiger partial charge in [-0.05, 0) is 31.0 Å². The molecule has 0 aliphatic heterocycles. The largest absolute Gasteiger partial charge is 0.436 e. The maximum atomic E-state index is 5.74. The van der Waals surface area contributed by atoms with Gasteiger partial charge >= 0.3 is 0 Å². The molecule has 0 saturated heterocycles. The number of benzene rings is 1. The molecule has 3 aromatic rings. The number of nitrogens with two attached hydrogens (primary N) is 1. The molecule has 0 unspecified atom stereocenters. The minimum Gasteiger partial charge on any atom is -0.436 e. The van der Waals surface area contributed by atoms with Crippen molar-refractivity contribution in [1.82, 2.24) is 15.2 Å². The second-order valence-electron chi connectivity index (χ2n) is 4.15. The van der Waals surface area contributed by atoms with E-state index in [1.54, 1.807) is 6.20 Å². The molecule has 1 aromatic carbocycles. The van der Waals surface area contributed by atoms with Crippen molar-refractivity contribution in [2.75, 3.05) is 5.73 Å². The van der Waals surface area contributed by atoms with E-state index >= 15 is 0 Å². The van der Waals surface area contributed by atoms with Crippen LogP contribution in [-0.2, 0) is 0 Å². The van der Waals surface area contributed by atoms with Crippen LogP contribution in [-0.4, -0.2) is 15.2 Å². The quantitative estimate of drug-likeness (QED) is 0.670. The Kier molecular flexibility index (Phi) is 1.95. The van der Waals surface area contributed by atoms with Gasteiger partial charge in [-0.25, -0.2) is 4.98 Å². The lowest BCUT2D eigenvalue weighted by Gasteiger charge is -1.95. The molecule has 0 saturated carbocycles. The van der Waals surface area contributed by atoms with Crippen LogP contribution in [0.4, 0.5) is 5.82 Å². The number of aryl methyl sites for hydroxylation is 2. The zero-order valence-electron chi connectivity index (χ0n) is 9.61. The number of rotatable bonds is 1. The third-order valence-corrected chi connectivity index (χ3v) is 2.72. The number of aromatic amines is 1. The molecule has 5 heteroatoms. The number of H-pyrrole nitrogens is 1. The smallest absolute Gasteiger partial charge is 0.232 e. The molecule has 5 nitrogen and oxygen atoms in total. The summed E-state index contributed by atoms with van der Waals surface area (Å²) in [7, 11) is 0. The molecule has 86 valence electrons. The Bertz CT molecular complexity index is 696. The lowest BCUT2D eigenvalue weighted by Crippen LogP contribution is -1.87. The number of nitrogens with one attached hydrogen (secondary N) is 1. The highest BCUT2D eigenvalue weighted by molar-refractivity contribution is 5.81. The van der Waals surface area contributed by atoms with Crippen LogP contribution < -0.4 is 5.73 Å². The molecule has 2 aromatic heterocycles. The molecule has 0 spiro atoms. The summed E-state index contributed by atoms with van der Waals surface area (Å²) in [6.07, 6.45) is 1.61. The highest BCUT2D eigenvalue weighted by Crippen LogP contribution is 2.29. The summed E-state index contributed by atoms with van der Waals surface area (Å²) >= 11 is 0. The first-order chi connectivity index (χ1) is 8.15. The molecule has 17 heavy (non-hydrogen) atoms. The van der Waals surface area contributed by atoms with Gasteiger partial charge in [0.2, 0.25) is 5.89 Å². The van der Waals surface area contributed by atoms with E-state index in [1.807, 2.05) is 19.9 Å². The van der Waals surface area contributed by atoms with Gasteiger partial charge in [0.25, 0.3) is 0 Å². The molecule has 0 aliphatic rings. The van der Waals surface area contributed by atoms with Gasteiger partial charge in [0.15, 0.2) is 5.58 Å². The minimum atomic E-state index is 0.464. The van der Waals surface area contributed by atoms with E-state index in [9.17, 15) is 0 Å². The molecule has 2 heterocycles. The number of nitrogens with zero attached hydrogens (tertiary/aromatic N) is 2. The van der Waals surface area contributed by atoms with Gasteiger partial charge < -0.3 is 10.2 Å². The summed E-state index contributed by atoms with van der Waals surface area (Å²) in [4.78, 5) is 4.43. The van der Waals surface area contributed by atoms with Crippen molar-refractivity contribution in [3.05, 3.63) is 29.5 Å². The van der Waals surface area contributed by atoms with Gasteiger partial charge in [-0.1, -0.05) is 6.07 Å². The number of hydrogen-bond donors (Lipinski definition) is 2. The highest BCUT2D eigenvalue weighted by atomic mass is 16.3. The summed E-state index contributed by atoms with van der Waals surface area (Å²) in [5, 5.41) is 6.52. The molecule has 3 N–H and O–H groups in total. The van der Waals surface area contributed by atoms with E-state index in [1.165, 1.54) is 0 Å². The van der Waals surface area contributed by atoms with Gasteiger partial charge in [0, 0.05) is 0 Å². The fraction of sp³-hybridized carbons (Fsp3) is 0.167. The molecule has 0 radical (unpaired) electrons. The summed E-state index contributed by atoms with van der Waals surface area (Å²) in [5.41, 5.74) is 10.3. The topological polar surface area (TPSA) is 80.7 Å². The second kappa shape index (κ2) is 3.35. The predicted octanol–water partition coefficient (Wildman–Crippen LogP) is 2.42. The van der Waals surface area contributed by atoms with E-state index < -0.39 is 0 Å². The number of nitrogen functional groups attached to an aromatic ring is 1. The molecule has 0 bridgehead atoms. The molecule has 0 atom stereocenters. The van der Waals surface area contributed by atoms with Crippen LogP contribution >= 0.6 is 0 Å². The third kappa shape index (κ3) is 1.47. The Morgan fingerprint density at radius 1 is 1.29 bits per heavy atom. The van der Waals surface area contributed by atoms with Crippen molar-refractivity contribution in [2.24, 2.45) is 0 Å². The lowest BCUT2D eigenvalue weighted by molar-refractivity contribution is 0.617. The SMILES string of the molecule is Cc1cc(C)c2oc(-c3cn[nH]c3N)nc2c1. The molecule has 0 aliphatic carbocycles. The Hall–Kier alpha value is -2.30. The van der Waals surface area contributed by atoms with E-state index in [4.69, 9.17) is 10.2 Å². The Morgan fingerprint density at radius 2 is 2.12 bits per heavy atom. The average molecular weight is 228 g/mol. The summed E-state index contributed by atoms with van der Waals surface area (Å²) in [6.45, 7) is 4.04. The summed E-state index contributed by atoms with van der Waals surface area (Å²) < 4.78 is 5.73. The van der Waals surface area contributed by atoms with Crippen molar-refractivity contribution in [3.8, 4) is 11.5 Å². The maximum absolute atomic E-state index is 5.74. The first kappa shape index (κ1) is 9.89. The van der Waals surface area contributed by atoms with Gasteiger partial charge in [-0.3, -0.25) is 5.10 Å². The number of hydrogen-bond acceptors (Lipinski definition) is 4. The lowest BCUT2D eigenvalue weighted by atomic mass is 10.1. The second-order valence-corrected chi connectivity index (χ2v) is 4.15. The van der Waals surface area contributed by atoms with Crippen LogP contribution in [0.1, 0.15) is 11.1 Å². The molecule has 0 fully saturated rings. The Labute approximate surface area is 97.7 Å². The number of fused-ring (bicyclic) bond motifs is 1. The number of oxazole rings is 1. The van der Waals surface area contributed by atoms with Crippen LogP contribution in [0.3, 0.4) is 0 Å². The van der Waals surface area contributed by atoms with Crippen LogP contribution in [0, 0.1) is 13.8 Å². The van der Waals surface area contributed by atoms with Crippen molar-refractivity contribution in [3.63, 3.8) is 0 Å². The number of anilines is 1. The van der Waals surface area contributed by atoms with Gasteiger partial charge in [0.05, 0.1) is 11.8 Å². The molecule has 0 amide bonds. The van der Waals surface area contributed by atoms with Crippen LogP contribution in [0.25, 0.3) is 22.6 Å². The van der Waals surface area contributed by atoms with Crippen molar-refractivity contribution < 1.29 is 4.42 Å². The Balaban J connectivity index is 2.27. The van der Waals surface area contributed by atoms with Crippen molar-refractivity contribution >= 4 is 16.9 Å². The van der Waals surface area contributed by atoms with E-state index in [0.29, 0.717) is 17.3 Å². The molecular weight excluding hydrogens is 216 g/mol. The van der Waals surface area contributed by atoms with E-state index in [2.05, 4.69) is 21.2 Å². The third-order valence-electron chi connectivity index (χ3n) is 2.72. The molecule has 3 rings (SSSR count). The highest BCUT2D eigenvalue weighted by Gasteiger charge is 2.14. The summed E-state index contributed by atoms with van der Waals surface area (Å²) in [6, 6.07) is 4.06.